The smallest absolute Gasteiger partial charge is 0.189 e. The van der Waals surface area contributed by atoms with E-state index in [9.17, 15) is 9.90 Å². The fourth-order valence-electron chi connectivity index (χ4n) is 1.63. The summed E-state index contributed by atoms with van der Waals surface area (Å²) in [6, 6.07) is 8.95. The van der Waals surface area contributed by atoms with Gasteiger partial charge in [0.25, 0.3) is 0 Å². The van der Waals surface area contributed by atoms with Gasteiger partial charge >= 0.3 is 0 Å². The minimum Gasteiger partial charge on any atom is -0.371 e. The molecule has 0 aromatic heterocycles. The van der Waals surface area contributed by atoms with Crippen LogP contribution in [0.15, 0.2) is 54.1 Å². The number of Topliss-reactive ketones (excluding diaryl/α,β-unsaturated/α-hetero) is 1. The Morgan fingerprint density at radius 1 is 1.31 bits per heavy atom. The molecule has 82 valence electrons. The van der Waals surface area contributed by atoms with Gasteiger partial charge in [0.15, 0.2) is 10.8 Å². The monoisotopic (exact) mass is 234 g/mol. The van der Waals surface area contributed by atoms with Crippen LogP contribution in [0, 0.1) is 0 Å². The second kappa shape index (κ2) is 4.24. The number of carbonyl (C=O) groups is 1. The van der Waals surface area contributed by atoms with Crippen LogP contribution in [0.25, 0.3) is 0 Å². The lowest BCUT2D eigenvalue weighted by atomic mass is 9.94. The number of aliphatic hydroxyl groups is 1. The minimum absolute atomic E-state index is 0.0935. The van der Waals surface area contributed by atoms with Gasteiger partial charge < -0.3 is 5.11 Å². The lowest BCUT2D eigenvalue weighted by Gasteiger charge is -2.20. The van der Waals surface area contributed by atoms with E-state index in [2.05, 4.69) is 0 Å². The molecule has 0 saturated heterocycles. The van der Waals surface area contributed by atoms with Crippen LogP contribution >= 0.6 is 11.6 Å². The highest BCUT2D eigenvalue weighted by atomic mass is 35.5. The van der Waals surface area contributed by atoms with Gasteiger partial charge in [-0.2, -0.15) is 0 Å². The predicted molar refractivity (Wildman–Crippen MR) is 63.4 cm³/mol. The Kier molecular flexibility index (Phi) is 2.95. The summed E-state index contributed by atoms with van der Waals surface area (Å²) in [4.78, 5) is 12.0. The van der Waals surface area contributed by atoms with Crippen molar-refractivity contribution >= 4 is 17.4 Å². The second-order valence-electron chi connectivity index (χ2n) is 3.74. The van der Waals surface area contributed by atoms with E-state index in [-0.39, 0.29) is 12.2 Å². The quantitative estimate of drug-likeness (QED) is 0.631. The van der Waals surface area contributed by atoms with Crippen LogP contribution in [0.5, 0.6) is 0 Å². The van der Waals surface area contributed by atoms with Gasteiger partial charge in [-0.05, 0) is 6.08 Å². The van der Waals surface area contributed by atoms with E-state index in [1.807, 2.05) is 6.07 Å². The zero-order valence-electron chi connectivity index (χ0n) is 8.56. The molecule has 1 unspecified atom stereocenters. The van der Waals surface area contributed by atoms with Gasteiger partial charge in [-0.15, -0.1) is 0 Å². The van der Waals surface area contributed by atoms with Crippen molar-refractivity contribution in [1.29, 1.82) is 0 Å². The first-order valence-electron chi connectivity index (χ1n) is 4.98. The van der Waals surface area contributed by atoms with Crippen LogP contribution in [0.1, 0.15) is 16.8 Å². The van der Waals surface area contributed by atoms with Crippen molar-refractivity contribution in [2.45, 2.75) is 11.5 Å². The molecule has 1 aliphatic rings. The van der Waals surface area contributed by atoms with Crippen LogP contribution in [0.4, 0.5) is 0 Å². The highest BCUT2D eigenvalue weighted by Gasteiger charge is 2.27. The van der Waals surface area contributed by atoms with Gasteiger partial charge in [0.05, 0.1) is 0 Å². The van der Waals surface area contributed by atoms with E-state index in [1.165, 1.54) is 6.08 Å². The first kappa shape index (κ1) is 11.1. The highest BCUT2D eigenvalue weighted by Crippen LogP contribution is 2.28. The number of rotatable bonds is 2. The fraction of sp³-hybridized carbons (Fsp3) is 0.154. The zero-order valence-corrected chi connectivity index (χ0v) is 9.32. The number of hydrogen-bond donors (Lipinski definition) is 1. The Balaban J connectivity index is 2.25. The van der Waals surface area contributed by atoms with E-state index in [0.717, 1.165) is 0 Å². The average molecular weight is 235 g/mol. The third kappa shape index (κ3) is 2.40. The number of alkyl halides is 1. The molecule has 1 atom stereocenters. The molecule has 0 spiro atoms. The topological polar surface area (TPSA) is 37.3 Å². The van der Waals surface area contributed by atoms with Crippen LogP contribution in [-0.2, 0) is 0 Å². The number of allylic oxidation sites excluding steroid dienone is 2. The average Bonchev–Trinajstić information content (AvgIpc) is 2.28. The normalized spacial score (nSPS) is 24.0. The zero-order chi connectivity index (χ0) is 11.6. The van der Waals surface area contributed by atoms with Crippen molar-refractivity contribution in [1.82, 2.24) is 0 Å². The Hall–Kier alpha value is -1.38. The molecule has 0 fully saturated rings. The fourth-order valence-corrected chi connectivity index (χ4v) is 1.84. The van der Waals surface area contributed by atoms with Crippen LogP contribution in [-0.4, -0.2) is 16.0 Å². The molecule has 1 aliphatic carbocycles. The Labute approximate surface area is 98.9 Å². The molecule has 0 bridgehead atoms. The van der Waals surface area contributed by atoms with Gasteiger partial charge in [0.2, 0.25) is 0 Å². The third-order valence-electron chi connectivity index (χ3n) is 2.42. The van der Waals surface area contributed by atoms with Crippen LogP contribution < -0.4 is 0 Å². The molecule has 0 radical (unpaired) electrons. The lowest BCUT2D eigenvalue weighted by Crippen LogP contribution is -2.22. The molecule has 2 nitrogen and oxygen atoms in total. The number of ketones is 1. The van der Waals surface area contributed by atoms with Crippen LogP contribution in [0.2, 0.25) is 0 Å². The van der Waals surface area contributed by atoms with Crippen molar-refractivity contribution in [3.63, 3.8) is 0 Å². The molecular formula is C13H11ClO2. The van der Waals surface area contributed by atoms with Crippen molar-refractivity contribution in [3.05, 3.63) is 59.7 Å². The summed E-state index contributed by atoms with van der Waals surface area (Å²) in [5, 5.41) is 8.19. The third-order valence-corrected chi connectivity index (χ3v) is 2.67. The van der Waals surface area contributed by atoms with Crippen molar-refractivity contribution < 1.29 is 9.90 Å². The van der Waals surface area contributed by atoms with Crippen molar-refractivity contribution in [3.8, 4) is 0 Å². The summed E-state index contributed by atoms with van der Waals surface area (Å²) in [6.45, 7) is 0. The van der Waals surface area contributed by atoms with E-state index in [0.29, 0.717) is 11.1 Å². The van der Waals surface area contributed by atoms with E-state index in [1.54, 1.807) is 36.4 Å². The van der Waals surface area contributed by atoms with E-state index in [4.69, 9.17) is 11.6 Å². The van der Waals surface area contributed by atoms with E-state index < -0.39 is 5.06 Å². The Bertz CT molecular complexity index is 458. The van der Waals surface area contributed by atoms with Gasteiger partial charge in [-0.1, -0.05) is 54.1 Å². The summed E-state index contributed by atoms with van der Waals surface area (Å²) in [7, 11) is 0. The summed E-state index contributed by atoms with van der Waals surface area (Å²) in [5.74, 6) is -0.0935. The highest BCUT2D eigenvalue weighted by molar-refractivity contribution is 6.25. The number of hydrogen-bond acceptors (Lipinski definition) is 2. The maximum Gasteiger partial charge on any atom is 0.189 e. The second-order valence-corrected chi connectivity index (χ2v) is 4.40. The maximum absolute atomic E-state index is 12.0. The molecule has 2 rings (SSSR count). The summed E-state index contributed by atoms with van der Waals surface area (Å²) in [6.07, 6.45) is 4.90. The molecule has 1 aromatic carbocycles. The standard InChI is InChI=1S/C13H11ClO2/c14-13(16)8-4-7-11(9-13)12(15)10-5-2-1-3-6-10/h1-8,16H,9H2. The lowest BCUT2D eigenvalue weighted by molar-refractivity contribution is 0.101. The molecule has 0 saturated carbocycles. The molecule has 1 N–H and O–H groups in total. The van der Waals surface area contributed by atoms with Gasteiger partial charge in [0.1, 0.15) is 0 Å². The SMILES string of the molecule is O=C(C1=CC=CC(O)(Cl)C1)c1ccccc1. The number of benzene rings is 1. The molecule has 0 amide bonds. The molecular weight excluding hydrogens is 224 g/mol. The number of carbonyl (C=O) groups excluding carboxylic acids is 1. The van der Waals surface area contributed by atoms with E-state index >= 15 is 0 Å². The maximum atomic E-state index is 12.0. The Morgan fingerprint density at radius 3 is 2.62 bits per heavy atom. The van der Waals surface area contributed by atoms with Gasteiger partial charge in [-0.25, -0.2) is 0 Å². The summed E-state index contributed by atoms with van der Waals surface area (Å²) in [5.41, 5.74) is 1.13. The Morgan fingerprint density at radius 2 is 2.00 bits per heavy atom. The first-order chi connectivity index (χ1) is 7.58. The molecule has 0 heterocycles. The summed E-state index contributed by atoms with van der Waals surface area (Å²) < 4.78 is 0. The molecule has 3 heteroatoms. The van der Waals surface area contributed by atoms with Crippen LogP contribution in [0.3, 0.4) is 0 Å². The predicted octanol–water partition coefficient (Wildman–Crippen LogP) is 2.68. The number of halogens is 1. The minimum atomic E-state index is -1.44. The largest absolute Gasteiger partial charge is 0.371 e. The summed E-state index contributed by atoms with van der Waals surface area (Å²) >= 11 is 5.77. The van der Waals surface area contributed by atoms with Gasteiger partial charge in [-0.3, -0.25) is 4.79 Å². The molecule has 16 heavy (non-hydrogen) atoms. The van der Waals surface area contributed by atoms with Gasteiger partial charge in [0, 0.05) is 17.6 Å². The molecule has 1 aromatic rings. The van der Waals surface area contributed by atoms with Crippen molar-refractivity contribution in [2.24, 2.45) is 0 Å². The molecule has 0 aliphatic heterocycles. The first-order valence-corrected chi connectivity index (χ1v) is 5.36. The van der Waals surface area contributed by atoms with Crippen molar-refractivity contribution in [2.75, 3.05) is 0 Å².